The van der Waals surface area contributed by atoms with E-state index in [0.717, 1.165) is 0 Å². The van der Waals surface area contributed by atoms with Crippen molar-refractivity contribution in [3.8, 4) is 0 Å². The summed E-state index contributed by atoms with van der Waals surface area (Å²) in [6.07, 6.45) is 0. The Morgan fingerprint density at radius 3 is 1.43 bits per heavy atom. The summed E-state index contributed by atoms with van der Waals surface area (Å²) in [5.41, 5.74) is 0. The molecular weight excluding hydrogens is 136 g/mol. The van der Waals surface area contributed by atoms with Gasteiger partial charge in [-0.05, 0) is 11.7 Å². The molecule has 0 aliphatic rings. The SMILES string of the molecule is CC.O=S(=O)(O)S. The Kier molecular flexibility index (Phi) is 6.49. The van der Waals surface area contributed by atoms with Gasteiger partial charge < -0.3 is 0 Å². The Labute approximate surface area is 48.3 Å². The van der Waals surface area contributed by atoms with Crippen molar-refractivity contribution in [1.82, 2.24) is 0 Å². The topological polar surface area (TPSA) is 54.4 Å². The minimum absolute atomic E-state index is 2.00. The molecule has 0 atom stereocenters. The maximum atomic E-state index is 9.05. The first-order valence-electron chi connectivity index (χ1n) is 1.70. The monoisotopic (exact) mass is 144 g/mol. The summed E-state index contributed by atoms with van der Waals surface area (Å²) >= 11 is 2.65. The summed E-state index contributed by atoms with van der Waals surface area (Å²) in [5, 5.41) is 0. The van der Waals surface area contributed by atoms with Crippen LogP contribution in [0.1, 0.15) is 13.8 Å². The van der Waals surface area contributed by atoms with Crippen molar-refractivity contribution in [2.24, 2.45) is 0 Å². The third-order valence-electron chi connectivity index (χ3n) is 0. The van der Waals surface area contributed by atoms with Gasteiger partial charge in [-0.3, -0.25) is 4.55 Å². The van der Waals surface area contributed by atoms with Gasteiger partial charge in [-0.15, -0.1) is 0 Å². The van der Waals surface area contributed by atoms with Crippen LogP contribution in [0.25, 0.3) is 0 Å². The lowest BCUT2D eigenvalue weighted by Gasteiger charge is -1.67. The Hall–Kier alpha value is 0.260. The predicted molar refractivity (Wildman–Crippen MR) is 31.9 cm³/mol. The zero-order chi connectivity index (χ0) is 6.50. The average molecular weight is 144 g/mol. The third-order valence-corrected chi connectivity index (χ3v) is 0. The number of hydrogen-bond acceptors (Lipinski definition) is 2. The molecule has 7 heavy (non-hydrogen) atoms. The zero-order valence-corrected chi connectivity index (χ0v) is 5.83. The van der Waals surface area contributed by atoms with Crippen LogP contribution >= 0.6 is 11.7 Å². The fraction of sp³-hybridized carbons (Fsp3) is 1.00. The van der Waals surface area contributed by atoms with Crippen molar-refractivity contribution in [3.05, 3.63) is 0 Å². The van der Waals surface area contributed by atoms with E-state index in [1.54, 1.807) is 0 Å². The molecule has 0 aromatic heterocycles. The van der Waals surface area contributed by atoms with Gasteiger partial charge in [0.05, 0.1) is 0 Å². The third kappa shape index (κ3) is 1680. The van der Waals surface area contributed by atoms with E-state index >= 15 is 0 Å². The highest BCUT2D eigenvalue weighted by atomic mass is 33.1. The number of rotatable bonds is 0. The standard InChI is InChI=1S/C2H6.H2O3S2/c1-2;1-5(2,3)4/h1-2H3;(H2,1,2,3,4). The Morgan fingerprint density at radius 1 is 1.43 bits per heavy atom. The molecule has 0 radical (unpaired) electrons. The molecule has 0 aromatic rings. The van der Waals surface area contributed by atoms with Gasteiger partial charge in [-0.1, -0.05) is 13.8 Å². The molecule has 0 heterocycles. The van der Waals surface area contributed by atoms with Crippen LogP contribution < -0.4 is 0 Å². The summed E-state index contributed by atoms with van der Waals surface area (Å²) in [5.74, 6) is 0. The van der Waals surface area contributed by atoms with E-state index in [2.05, 4.69) is 11.7 Å². The van der Waals surface area contributed by atoms with Crippen molar-refractivity contribution in [2.75, 3.05) is 0 Å². The molecule has 0 unspecified atom stereocenters. The van der Waals surface area contributed by atoms with E-state index in [9.17, 15) is 0 Å². The van der Waals surface area contributed by atoms with Gasteiger partial charge in [-0.25, -0.2) is 0 Å². The van der Waals surface area contributed by atoms with Gasteiger partial charge in [-0.2, -0.15) is 8.42 Å². The van der Waals surface area contributed by atoms with Crippen LogP contribution in [0.15, 0.2) is 0 Å². The van der Waals surface area contributed by atoms with Crippen molar-refractivity contribution in [1.29, 1.82) is 0 Å². The van der Waals surface area contributed by atoms with Crippen molar-refractivity contribution >= 4 is 20.8 Å². The highest BCUT2D eigenvalue weighted by Crippen LogP contribution is 1.81. The van der Waals surface area contributed by atoms with Crippen LogP contribution in [-0.2, 0) is 9.15 Å². The van der Waals surface area contributed by atoms with Gasteiger partial charge in [0.15, 0.2) is 0 Å². The van der Waals surface area contributed by atoms with E-state index in [1.165, 1.54) is 0 Å². The normalized spacial score (nSPS) is 9.14. The molecule has 5 heteroatoms. The first-order chi connectivity index (χ1) is 3.00. The maximum absolute atomic E-state index is 9.05. The molecule has 0 aliphatic heterocycles. The van der Waals surface area contributed by atoms with E-state index in [4.69, 9.17) is 13.0 Å². The van der Waals surface area contributed by atoms with Gasteiger partial charge in [0, 0.05) is 0 Å². The Balaban J connectivity index is 0. The van der Waals surface area contributed by atoms with Crippen LogP contribution in [0, 0.1) is 0 Å². The lowest BCUT2D eigenvalue weighted by molar-refractivity contribution is 0.503. The second kappa shape index (κ2) is 4.42. The highest BCUT2D eigenvalue weighted by molar-refractivity contribution is 8.61. The molecule has 0 fully saturated rings. The lowest BCUT2D eigenvalue weighted by Crippen LogP contribution is -1.78. The second-order valence-corrected chi connectivity index (χ2v) is 2.73. The minimum Gasteiger partial charge on any atom is -0.277 e. The smallest absolute Gasteiger partial charge is 0.277 e. The highest BCUT2D eigenvalue weighted by Gasteiger charge is 1.83. The van der Waals surface area contributed by atoms with Crippen LogP contribution in [0.4, 0.5) is 0 Å². The van der Waals surface area contributed by atoms with Gasteiger partial charge >= 0.3 is 9.15 Å². The average Bonchev–Trinajstić information content (AvgIpc) is 1.36. The summed E-state index contributed by atoms with van der Waals surface area (Å²) in [4.78, 5) is 0. The molecular formula is C2H8O3S2. The molecule has 1 N–H and O–H groups in total. The van der Waals surface area contributed by atoms with Crippen molar-refractivity contribution < 1.29 is 13.0 Å². The molecule has 46 valence electrons. The van der Waals surface area contributed by atoms with Crippen molar-refractivity contribution in [2.45, 2.75) is 13.8 Å². The lowest BCUT2D eigenvalue weighted by atomic mass is 11.0. The fourth-order valence-electron chi connectivity index (χ4n) is 0. The van der Waals surface area contributed by atoms with E-state index in [-0.39, 0.29) is 0 Å². The first kappa shape index (κ1) is 10.3. The van der Waals surface area contributed by atoms with Gasteiger partial charge in [0.25, 0.3) is 0 Å². The quantitative estimate of drug-likeness (QED) is 0.299. The maximum Gasteiger partial charge on any atom is 0.316 e. The second-order valence-electron chi connectivity index (χ2n) is 0.448. The van der Waals surface area contributed by atoms with E-state index in [0.29, 0.717) is 0 Å². The van der Waals surface area contributed by atoms with Gasteiger partial charge in [0.1, 0.15) is 0 Å². The van der Waals surface area contributed by atoms with Crippen LogP contribution in [0.3, 0.4) is 0 Å². The Morgan fingerprint density at radius 2 is 1.43 bits per heavy atom. The van der Waals surface area contributed by atoms with Crippen LogP contribution in [0.5, 0.6) is 0 Å². The first-order valence-corrected chi connectivity index (χ1v) is 4.19. The number of thiol groups is 1. The molecule has 0 amide bonds. The molecule has 0 spiro atoms. The largest absolute Gasteiger partial charge is 0.316 e. The van der Waals surface area contributed by atoms with Crippen molar-refractivity contribution in [3.63, 3.8) is 0 Å². The van der Waals surface area contributed by atoms with Crippen LogP contribution in [0.2, 0.25) is 0 Å². The molecule has 0 aromatic carbocycles. The molecule has 0 aliphatic carbocycles. The fourth-order valence-corrected chi connectivity index (χ4v) is 0. The number of hydrogen-bond donors (Lipinski definition) is 2. The summed E-state index contributed by atoms with van der Waals surface area (Å²) in [6.45, 7) is 4.00. The summed E-state index contributed by atoms with van der Waals surface area (Å²) in [6, 6.07) is 0. The zero-order valence-electron chi connectivity index (χ0n) is 4.12. The summed E-state index contributed by atoms with van der Waals surface area (Å²) in [7, 11) is -3.97. The molecule has 3 nitrogen and oxygen atoms in total. The molecule has 0 bridgehead atoms. The predicted octanol–water partition coefficient (Wildman–Crippen LogP) is 0.745. The molecule has 0 saturated heterocycles. The van der Waals surface area contributed by atoms with E-state index < -0.39 is 9.15 Å². The van der Waals surface area contributed by atoms with Crippen LogP contribution in [-0.4, -0.2) is 13.0 Å². The molecule has 0 saturated carbocycles. The minimum atomic E-state index is -3.97. The molecule has 0 rings (SSSR count). The van der Waals surface area contributed by atoms with E-state index in [1.807, 2.05) is 13.8 Å². The summed E-state index contributed by atoms with van der Waals surface area (Å²) < 4.78 is 25.5. The Bertz CT molecular complexity index is 94.1. The van der Waals surface area contributed by atoms with Gasteiger partial charge in [0.2, 0.25) is 0 Å².